The number of anilines is 1. The standard InChI is InChI=1S/C13H19F3N4/c1-2-10(17)5-9-6-18-12(19-7-9)20(11-3-4-11)8-13(14,15)16/h6-7,10-11H,2-5,8,17H2,1H3. The predicted molar refractivity (Wildman–Crippen MR) is 70.4 cm³/mol. The summed E-state index contributed by atoms with van der Waals surface area (Å²) in [5, 5.41) is 0. The molecule has 112 valence electrons. The molecular formula is C13H19F3N4. The number of aromatic nitrogens is 2. The third kappa shape index (κ3) is 4.33. The van der Waals surface area contributed by atoms with Gasteiger partial charge in [-0.15, -0.1) is 0 Å². The molecule has 4 nitrogen and oxygen atoms in total. The Balaban J connectivity index is 2.06. The van der Waals surface area contributed by atoms with E-state index in [2.05, 4.69) is 9.97 Å². The lowest BCUT2D eigenvalue weighted by molar-refractivity contribution is -0.120. The van der Waals surface area contributed by atoms with Crippen molar-refractivity contribution >= 4 is 5.95 Å². The lowest BCUT2D eigenvalue weighted by Crippen LogP contribution is -2.37. The first-order chi connectivity index (χ1) is 9.39. The van der Waals surface area contributed by atoms with Gasteiger partial charge in [0.15, 0.2) is 0 Å². The second-order valence-electron chi connectivity index (χ2n) is 5.24. The van der Waals surface area contributed by atoms with Crippen molar-refractivity contribution in [1.29, 1.82) is 0 Å². The van der Waals surface area contributed by atoms with Crippen LogP contribution in [-0.2, 0) is 6.42 Å². The number of hydrogen-bond acceptors (Lipinski definition) is 4. The molecular weight excluding hydrogens is 269 g/mol. The Bertz CT molecular complexity index is 428. The van der Waals surface area contributed by atoms with Gasteiger partial charge >= 0.3 is 6.18 Å². The van der Waals surface area contributed by atoms with Crippen molar-refractivity contribution in [1.82, 2.24) is 9.97 Å². The molecule has 2 rings (SSSR count). The van der Waals surface area contributed by atoms with Crippen LogP contribution < -0.4 is 10.6 Å². The van der Waals surface area contributed by atoms with Gasteiger partial charge in [-0.2, -0.15) is 13.2 Å². The first kappa shape index (κ1) is 15.0. The Morgan fingerprint density at radius 2 is 1.95 bits per heavy atom. The molecule has 1 atom stereocenters. The predicted octanol–water partition coefficient (Wildman–Crippen LogP) is 2.29. The summed E-state index contributed by atoms with van der Waals surface area (Å²) >= 11 is 0. The van der Waals surface area contributed by atoms with Crippen LogP contribution in [0, 0.1) is 0 Å². The van der Waals surface area contributed by atoms with Crippen molar-refractivity contribution < 1.29 is 13.2 Å². The highest BCUT2D eigenvalue weighted by atomic mass is 19.4. The summed E-state index contributed by atoms with van der Waals surface area (Å²) in [5.74, 6) is 0.152. The van der Waals surface area contributed by atoms with Crippen LogP contribution in [0.2, 0.25) is 0 Å². The largest absolute Gasteiger partial charge is 0.406 e. The quantitative estimate of drug-likeness (QED) is 0.872. The summed E-state index contributed by atoms with van der Waals surface area (Å²) in [6, 6.07) is -0.0560. The Morgan fingerprint density at radius 1 is 1.35 bits per heavy atom. The van der Waals surface area contributed by atoms with Crippen LogP contribution in [0.3, 0.4) is 0 Å². The van der Waals surface area contributed by atoms with Crippen LogP contribution in [-0.4, -0.2) is 34.8 Å². The molecule has 20 heavy (non-hydrogen) atoms. The highest BCUT2D eigenvalue weighted by Gasteiger charge is 2.39. The van der Waals surface area contributed by atoms with Crippen molar-refractivity contribution in [2.24, 2.45) is 5.73 Å². The first-order valence-corrected chi connectivity index (χ1v) is 6.79. The fraction of sp³-hybridized carbons (Fsp3) is 0.692. The molecule has 0 aliphatic heterocycles. The molecule has 2 N–H and O–H groups in total. The van der Waals surface area contributed by atoms with E-state index in [1.54, 1.807) is 12.4 Å². The van der Waals surface area contributed by atoms with E-state index in [-0.39, 0.29) is 18.0 Å². The van der Waals surface area contributed by atoms with Crippen molar-refractivity contribution in [3.05, 3.63) is 18.0 Å². The molecule has 1 aromatic rings. The van der Waals surface area contributed by atoms with E-state index in [9.17, 15) is 13.2 Å². The number of halogens is 3. The highest BCUT2D eigenvalue weighted by molar-refractivity contribution is 5.34. The molecule has 1 aromatic heterocycles. The van der Waals surface area contributed by atoms with Gasteiger partial charge in [0.05, 0.1) is 0 Å². The van der Waals surface area contributed by atoms with Gasteiger partial charge in [-0.3, -0.25) is 0 Å². The lowest BCUT2D eigenvalue weighted by Gasteiger charge is -2.23. The van der Waals surface area contributed by atoms with E-state index in [1.807, 2.05) is 6.92 Å². The second-order valence-corrected chi connectivity index (χ2v) is 5.24. The van der Waals surface area contributed by atoms with E-state index in [0.29, 0.717) is 6.42 Å². The third-order valence-corrected chi connectivity index (χ3v) is 3.31. The van der Waals surface area contributed by atoms with Crippen LogP contribution in [0.25, 0.3) is 0 Å². The first-order valence-electron chi connectivity index (χ1n) is 6.79. The summed E-state index contributed by atoms with van der Waals surface area (Å²) in [6.07, 6.45) is 1.91. The maximum atomic E-state index is 12.6. The molecule has 0 radical (unpaired) electrons. The highest BCUT2D eigenvalue weighted by Crippen LogP contribution is 2.32. The van der Waals surface area contributed by atoms with Crippen molar-refractivity contribution in [2.45, 2.75) is 50.9 Å². The normalized spacial score (nSPS) is 17.1. The smallest absolute Gasteiger partial charge is 0.329 e. The molecule has 1 aliphatic carbocycles. The minimum atomic E-state index is -4.24. The topological polar surface area (TPSA) is 55.0 Å². The molecule has 0 spiro atoms. The number of nitrogens with two attached hydrogens (primary N) is 1. The fourth-order valence-corrected chi connectivity index (χ4v) is 1.99. The van der Waals surface area contributed by atoms with Crippen molar-refractivity contribution in [3.63, 3.8) is 0 Å². The van der Waals surface area contributed by atoms with Gasteiger partial charge < -0.3 is 10.6 Å². The van der Waals surface area contributed by atoms with Gasteiger partial charge in [0.2, 0.25) is 5.95 Å². The Kier molecular flexibility index (Phi) is 4.47. The summed E-state index contributed by atoms with van der Waals surface area (Å²) in [7, 11) is 0. The number of alkyl halides is 3. The minimum absolute atomic E-state index is 0.0270. The minimum Gasteiger partial charge on any atom is -0.329 e. The molecule has 0 saturated heterocycles. The lowest BCUT2D eigenvalue weighted by atomic mass is 10.1. The van der Waals surface area contributed by atoms with Crippen molar-refractivity contribution in [2.75, 3.05) is 11.4 Å². The summed E-state index contributed by atoms with van der Waals surface area (Å²) in [6.45, 7) is 0.990. The molecule has 1 heterocycles. The van der Waals surface area contributed by atoms with Crippen LogP contribution in [0.15, 0.2) is 12.4 Å². The zero-order valence-electron chi connectivity index (χ0n) is 11.4. The van der Waals surface area contributed by atoms with Gasteiger partial charge in [-0.1, -0.05) is 6.92 Å². The van der Waals surface area contributed by atoms with E-state index >= 15 is 0 Å². The van der Waals surface area contributed by atoms with E-state index in [0.717, 1.165) is 24.8 Å². The zero-order chi connectivity index (χ0) is 14.8. The van der Waals surface area contributed by atoms with Gasteiger partial charge in [-0.25, -0.2) is 9.97 Å². The Morgan fingerprint density at radius 3 is 2.40 bits per heavy atom. The monoisotopic (exact) mass is 288 g/mol. The molecule has 1 unspecified atom stereocenters. The maximum Gasteiger partial charge on any atom is 0.406 e. The molecule has 1 aliphatic rings. The summed E-state index contributed by atoms with van der Waals surface area (Å²) in [5.41, 5.74) is 6.68. The second kappa shape index (κ2) is 5.95. The van der Waals surface area contributed by atoms with Gasteiger partial charge in [0.1, 0.15) is 6.54 Å². The molecule has 1 fully saturated rings. The average molecular weight is 288 g/mol. The van der Waals surface area contributed by atoms with E-state index < -0.39 is 12.7 Å². The average Bonchev–Trinajstić information content (AvgIpc) is 3.20. The molecule has 1 saturated carbocycles. The molecule has 7 heteroatoms. The SMILES string of the molecule is CCC(N)Cc1cnc(N(CC(F)(F)F)C2CC2)nc1. The van der Waals surface area contributed by atoms with Crippen LogP contribution in [0.4, 0.5) is 19.1 Å². The zero-order valence-corrected chi connectivity index (χ0v) is 11.4. The molecule has 0 amide bonds. The fourth-order valence-electron chi connectivity index (χ4n) is 1.99. The van der Waals surface area contributed by atoms with E-state index in [4.69, 9.17) is 5.73 Å². The number of rotatable bonds is 6. The van der Waals surface area contributed by atoms with Crippen LogP contribution in [0.1, 0.15) is 31.7 Å². The summed E-state index contributed by atoms with van der Waals surface area (Å²) in [4.78, 5) is 9.38. The van der Waals surface area contributed by atoms with Gasteiger partial charge in [0, 0.05) is 24.5 Å². The maximum absolute atomic E-state index is 12.6. The van der Waals surface area contributed by atoms with Gasteiger partial charge in [0.25, 0.3) is 0 Å². The van der Waals surface area contributed by atoms with Crippen LogP contribution in [0.5, 0.6) is 0 Å². The number of hydrogen-bond donors (Lipinski definition) is 1. The molecule has 0 bridgehead atoms. The Labute approximate surface area is 116 Å². The summed E-state index contributed by atoms with van der Waals surface area (Å²) < 4.78 is 37.7. The van der Waals surface area contributed by atoms with Crippen LogP contribution >= 0.6 is 0 Å². The van der Waals surface area contributed by atoms with Crippen molar-refractivity contribution in [3.8, 4) is 0 Å². The van der Waals surface area contributed by atoms with E-state index in [1.165, 1.54) is 4.90 Å². The third-order valence-electron chi connectivity index (χ3n) is 3.31. The Hall–Kier alpha value is -1.37. The molecule has 0 aromatic carbocycles. The van der Waals surface area contributed by atoms with Gasteiger partial charge in [-0.05, 0) is 31.2 Å². The number of nitrogens with zero attached hydrogens (tertiary/aromatic N) is 3.